The summed E-state index contributed by atoms with van der Waals surface area (Å²) in [6.45, 7) is 1.90. The zero-order valence-electron chi connectivity index (χ0n) is 10.4. The van der Waals surface area contributed by atoms with Crippen LogP contribution in [0.5, 0.6) is 0 Å². The molecule has 3 N–H and O–H groups in total. The molecule has 1 aromatic carbocycles. The summed E-state index contributed by atoms with van der Waals surface area (Å²) in [5, 5.41) is 7.84. The number of nitrogens with one attached hydrogen (secondary N) is 1. The number of halogens is 1. The quantitative estimate of drug-likeness (QED) is 0.874. The predicted octanol–water partition coefficient (Wildman–Crippen LogP) is 2.08. The Balaban J connectivity index is 2.14. The molecule has 0 bridgehead atoms. The minimum absolute atomic E-state index is 0.000686. The lowest BCUT2D eigenvalue weighted by atomic mass is 10.1. The van der Waals surface area contributed by atoms with E-state index in [2.05, 4.69) is 21.2 Å². The first-order valence-electron chi connectivity index (χ1n) is 5.92. The molecular weight excluding hydrogens is 332 g/mol. The van der Waals surface area contributed by atoms with Crippen molar-refractivity contribution in [2.24, 2.45) is 17.0 Å². The Morgan fingerprint density at radius 1 is 1.47 bits per heavy atom. The number of carbonyl (C=O) groups excluding carboxylic acids is 1. The van der Waals surface area contributed by atoms with Crippen LogP contribution in [-0.2, 0) is 14.8 Å². The van der Waals surface area contributed by atoms with E-state index in [0.29, 0.717) is 16.1 Å². The summed E-state index contributed by atoms with van der Waals surface area (Å²) in [7, 11) is -3.76. The van der Waals surface area contributed by atoms with Gasteiger partial charge >= 0.3 is 0 Å². The highest BCUT2D eigenvalue weighted by molar-refractivity contribution is 9.10. The lowest BCUT2D eigenvalue weighted by molar-refractivity contribution is -0.119. The number of rotatable bonds is 4. The van der Waals surface area contributed by atoms with Gasteiger partial charge in [0, 0.05) is 16.1 Å². The van der Waals surface area contributed by atoms with E-state index < -0.39 is 10.0 Å². The van der Waals surface area contributed by atoms with Gasteiger partial charge in [-0.05, 0) is 52.9 Å². The van der Waals surface area contributed by atoms with Gasteiger partial charge in [0.25, 0.3) is 0 Å². The molecular formula is C12H15BrN2O3S. The van der Waals surface area contributed by atoms with Crippen LogP contribution in [0.1, 0.15) is 19.8 Å². The second kappa shape index (κ2) is 5.22. The third kappa shape index (κ3) is 3.55. The SMILES string of the molecule is CC(C(=O)Nc1ccc(S(N)(=O)=O)c(Br)c1)C1CC1. The van der Waals surface area contributed by atoms with Crippen LogP contribution in [0.25, 0.3) is 0 Å². The van der Waals surface area contributed by atoms with Crippen molar-refractivity contribution in [1.82, 2.24) is 0 Å². The van der Waals surface area contributed by atoms with E-state index in [-0.39, 0.29) is 16.7 Å². The van der Waals surface area contributed by atoms with Crippen LogP contribution in [0.4, 0.5) is 5.69 Å². The average Bonchev–Trinajstić information content (AvgIpc) is 3.09. The standard InChI is InChI=1S/C12H15BrN2O3S/c1-7(8-2-3-8)12(16)15-9-4-5-11(10(13)6-9)19(14,17)18/h4-8H,2-3H2,1H3,(H,15,16)(H2,14,17,18). The summed E-state index contributed by atoms with van der Waals surface area (Å²) >= 11 is 3.14. The number of nitrogens with two attached hydrogens (primary N) is 1. The number of benzene rings is 1. The molecule has 1 unspecified atom stereocenters. The highest BCUT2D eigenvalue weighted by Crippen LogP contribution is 2.37. The van der Waals surface area contributed by atoms with Crippen LogP contribution in [0, 0.1) is 11.8 Å². The molecule has 0 aliphatic heterocycles. The highest BCUT2D eigenvalue weighted by Gasteiger charge is 2.32. The Kier molecular flexibility index (Phi) is 3.98. The maximum atomic E-state index is 11.9. The third-order valence-electron chi connectivity index (χ3n) is 3.25. The first kappa shape index (κ1) is 14.5. The van der Waals surface area contributed by atoms with Crippen molar-refractivity contribution in [3.05, 3.63) is 22.7 Å². The number of hydrogen-bond donors (Lipinski definition) is 2. The van der Waals surface area contributed by atoms with Crippen molar-refractivity contribution in [2.75, 3.05) is 5.32 Å². The van der Waals surface area contributed by atoms with E-state index in [1.54, 1.807) is 0 Å². The van der Waals surface area contributed by atoms with Gasteiger partial charge < -0.3 is 5.32 Å². The first-order valence-corrected chi connectivity index (χ1v) is 8.26. The smallest absolute Gasteiger partial charge is 0.239 e. The summed E-state index contributed by atoms with van der Waals surface area (Å²) in [6, 6.07) is 4.44. The molecule has 1 aromatic rings. The van der Waals surface area contributed by atoms with Crippen LogP contribution < -0.4 is 10.5 Å². The zero-order valence-corrected chi connectivity index (χ0v) is 12.8. The molecule has 7 heteroatoms. The summed E-state index contributed by atoms with van der Waals surface area (Å²) in [4.78, 5) is 11.9. The van der Waals surface area contributed by atoms with Crippen molar-refractivity contribution in [3.8, 4) is 0 Å². The molecule has 2 rings (SSSR count). The van der Waals surface area contributed by atoms with Gasteiger partial charge in [0.1, 0.15) is 0 Å². The molecule has 1 amide bonds. The lowest BCUT2D eigenvalue weighted by Crippen LogP contribution is -2.22. The monoisotopic (exact) mass is 346 g/mol. The minimum atomic E-state index is -3.76. The maximum absolute atomic E-state index is 11.9. The Bertz CT molecular complexity index is 611. The second-order valence-corrected chi connectivity index (χ2v) is 7.19. The number of hydrogen-bond acceptors (Lipinski definition) is 3. The van der Waals surface area contributed by atoms with Crippen molar-refractivity contribution < 1.29 is 13.2 Å². The van der Waals surface area contributed by atoms with E-state index >= 15 is 0 Å². The molecule has 0 spiro atoms. The Morgan fingerprint density at radius 3 is 2.58 bits per heavy atom. The minimum Gasteiger partial charge on any atom is -0.326 e. The topological polar surface area (TPSA) is 89.3 Å². The van der Waals surface area contributed by atoms with Crippen LogP contribution in [-0.4, -0.2) is 14.3 Å². The van der Waals surface area contributed by atoms with Crippen molar-refractivity contribution in [2.45, 2.75) is 24.7 Å². The Hall–Kier alpha value is -0.920. The van der Waals surface area contributed by atoms with Crippen LogP contribution in [0.2, 0.25) is 0 Å². The highest BCUT2D eigenvalue weighted by atomic mass is 79.9. The maximum Gasteiger partial charge on any atom is 0.239 e. The van der Waals surface area contributed by atoms with Gasteiger partial charge in [0.2, 0.25) is 15.9 Å². The number of sulfonamides is 1. The van der Waals surface area contributed by atoms with Gasteiger partial charge in [-0.25, -0.2) is 13.6 Å². The summed E-state index contributed by atoms with van der Waals surface area (Å²) in [5.41, 5.74) is 0.553. The van der Waals surface area contributed by atoms with Gasteiger partial charge in [-0.1, -0.05) is 6.92 Å². The van der Waals surface area contributed by atoms with Crippen molar-refractivity contribution in [3.63, 3.8) is 0 Å². The average molecular weight is 347 g/mol. The Morgan fingerprint density at radius 2 is 2.11 bits per heavy atom. The van der Waals surface area contributed by atoms with Crippen LogP contribution >= 0.6 is 15.9 Å². The zero-order chi connectivity index (χ0) is 14.2. The normalized spacial score (nSPS) is 17.0. The van der Waals surface area contributed by atoms with E-state index in [1.165, 1.54) is 18.2 Å². The number of anilines is 1. The van der Waals surface area contributed by atoms with Gasteiger partial charge in [-0.3, -0.25) is 4.79 Å². The summed E-state index contributed by atoms with van der Waals surface area (Å²) in [6.07, 6.45) is 2.20. The summed E-state index contributed by atoms with van der Waals surface area (Å²) in [5.74, 6) is 0.418. The Labute approximate surface area is 120 Å². The van der Waals surface area contributed by atoms with E-state index in [1.807, 2.05) is 6.92 Å². The second-order valence-electron chi connectivity index (χ2n) is 4.81. The molecule has 0 saturated heterocycles. The van der Waals surface area contributed by atoms with Crippen LogP contribution in [0.15, 0.2) is 27.6 Å². The lowest BCUT2D eigenvalue weighted by Gasteiger charge is -2.12. The molecule has 19 heavy (non-hydrogen) atoms. The molecule has 104 valence electrons. The molecule has 0 heterocycles. The first-order chi connectivity index (χ1) is 8.79. The van der Waals surface area contributed by atoms with E-state index in [0.717, 1.165) is 12.8 Å². The van der Waals surface area contributed by atoms with Crippen LogP contribution in [0.3, 0.4) is 0 Å². The molecule has 1 aliphatic carbocycles. The third-order valence-corrected chi connectivity index (χ3v) is 5.14. The fourth-order valence-electron chi connectivity index (χ4n) is 1.88. The molecule has 1 fully saturated rings. The van der Waals surface area contributed by atoms with Gasteiger partial charge in [0.15, 0.2) is 0 Å². The van der Waals surface area contributed by atoms with E-state index in [4.69, 9.17) is 5.14 Å². The molecule has 1 aliphatic rings. The number of amides is 1. The molecule has 1 atom stereocenters. The predicted molar refractivity (Wildman–Crippen MR) is 76.0 cm³/mol. The molecule has 1 saturated carbocycles. The fraction of sp³-hybridized carbons (Fsp3) is 0.417. The largest absolute Gasteiger partial charge is 0.326 e. The number of primary sulfonamides is 1. The van der Waals surface area contributed by atoms with Gasteiger partial charge in [-0.2, -0.15) is 0 Å². The molecule has 0 aromatic heterocycles. The van der Waals surface area contributed by atoms with Crippen molar-refractivity contribution >= 4 is 37.5 Å². The van der Waals surface area contributed by atoms with E-state index in [9.17, 15) is 13.2 Å². The molecule has 0 radical (unpaired) electrons. The van der Waals surface area contributed by atoms with Gasteiger partial charge in [0.05, 0.1) is 4.90 Å². The van der Waals surface area contributed by atoms with Crippen molar-refractivity contribution in [1.29, 1.82) is 0 Å². The summed E-state index contributed by atoms with van der Waals surface area (Å²) < 4.78 is 22.8. The van der Waals surface area contributed by atoms with Gasteiger partial charge in [-0.15, -0.1) is 0 Å². The number of carbonyl (C=O) groups is 1. The molecule has 5 nitrogen and oxygen atoms in total. The fourth-order valence-corrected chi connectivity index (χ4v) is 3.52.